The molecule has 3 heterocycles. The van der Waals surface area contributed by atoms with E-state index in [1.54, 1.807) is 0 Å². The summed E-state index contributed by atoms with van der Waals surface area (Å²) in [6.07, 6.45) is 2.25. The predicted octanol–water partition coefficient (Wildman–Crippen LogP) is 11.4. The van der Waals surface area contributed by atoms with Gasteiger partial charge in [-0.25, -0.2) is 4.98 Å². The number of benzene rings is 5. The molecule has 280 valence electrons. The molecule has 0 atom stereocenters. The SMILES string of the molecule is CC1(C)CC(C)(C)c2cc(N3c4cc5c(cc4B4c6ccccc6C(C)(C)c6cc(N(c7ccccc7)c7ccccc7)nc3c64)C(C)(C)CC5(C)C)ccc21. The highest BCUT2D eigenvalue weighted by molar-refractivity contribution is 6.99. The first-order chi connectivity index (χ1) is 26.5. The van der Waals surface area contributed by atoms with Crippen LogP contribution < -0.4 is 26.2 Å². The molecule has 2 aliphatic heterocycles. The summed E-state index contributed by atoms with van der Waals surface area (Å²) in [6.45, 7) is 24.4. The van der Waals surface area contributed by atoms with Gasteiger partial charge in [-0.3, -0.25) is 9.80 Å². The minimum absolute atomic E-state index is 0.0497. The van der Waals surface area contributed by atoms with Crippen LogP contribution in [0.25, 0.3) is 0 Å². The third-order valence-electron chi connectivity index (χ3n) is 14.1. The molecule has 4 heteroatoms. The Morgan fingerprint density at radius 3 is 1.66 bits per heavy atom. The zero-order valence-electron chi connectivity index (χ0n) is 34.9. The van der Waals surface area contributed by atoms with Crippen LogP contribution in [0.1, 0.15) is 115 Å². The van der Waals surface area contributed by atoms with Gasteiger partial charge < -0.3 is 0 Å². The van der Waals surface area contributed by atoms with E-state index >= 15 is 0 Å². The molecule has 2 aliphatic carbocycles. The fraction of sp³-hybridized carbons (Fsp3) is 0.327. The molecular formula is C52H54BN3. The number of rotatable bonds is 4. The van der Waals surface area contributed by atoms with Crippen LogP contribution in [0.2, 0.25) is 0 Å². The number of hydrogen-bond acceptors (Lipinski definition) is 3. The maximum Gasteiger partial charge on any atom is 0.249 e. The van der Waals surface area contributed by atoms with E-state index in [4.69, 9.17) is 4.98 Å². The van der Waals surface area contributed by atoms with Crippen LogP contribution in [-0.2, 0) is 27.1 Å². The van der Waals surface area contributed by atoms with Crippen LogP contribution in [0.3, 0.4) is 0 Å². The number of aromatic nitrogens is 1. The highest BCUT2D eigenvalue weighted by Gasteiger charge is 2.51. The van der Waals surface area contributed by atoms with Gasteiger partial charge in [-0.1, -0.05) is 147 Å². The van der Waals surface area contributed by atoms with Crippen molar-refractivity contribution < 1.29 is 0 Å². The van der Waals surface area contributed by atoms with Gasteiger partial charge in [0.05, 0.1) is 0 Å². The van der Waals surface area contributed by atoms with Crippen molar-refractivity contribution in [2.75, 3.05) is 9.80 Å². The average molecular weight is 732 g/mol. The number of anilines is 6. The van der Waals surface area contributed by atoms with Gasteiger partial charge in [-0.15, -0.1) is 0 Å². The molecular weight excluding hydrogens is 677 g/mol. The molecule has 0 unspecified atom stereocenters. The number of para-hydroxylation sites is 2. The largest absolute Gasteiger partial charge is 0.296 e. The van der Waals surface area contributed by atoms with Crippen molar-refractivity contribution >= 4 is 57.5 Å². The lowest BCUT2D eigenvalue weighted by Gasteiger charge is -2.46. The first-order valence-electron chi connectivity index (χ1n) is 20.7. The fourth-order valence-electron chi connectivity index (χ4n) is 12.1. The molecule has 0 fully saturated rings. The van der Waals surface area contributed by atoms with E-state index in [1.807, 2.05) is 0 Å². The van der Waals surface area contributed by atoms with Crippen LogP contribution in [0.4, 0.5) is 34.4 Å². The summed E-state index contributed by atoms with van der Waals surface area (Å²) in [6, 6.07) is 45.7. The number of fused-ring (bicyclic) bond motifs is 6. The van der Waals surface area contributed by atoms with Gasteiger partial charge in [-0.05, 0) is 127 Å². The van der Waals surface area contributed by atoms with Gasteiger partial charge in [0.25, 0.3) is 0 Å². The highest BCUT2D eigenvalue weighted by Crippen LogP contribution is 2.54. The summed E-state index contributed by atoms with van der Waals surface area (Å²) >= 11 is 0. The lowest BCUT2D eigenvalue weighted by atomic mass is 9.30. The average Bonchev–Trinajstić information content (AvgIpc) is 3.46. The molecule has 0 N–H and O–H groups in total. The van der Waals surface area contributed by atoms with Crippen molar-refractivity contribution in [2.24, 2.45) is 0 Å². The van der Waals surface area contributed by atoms with Gasteiger partial charge in [0, 0.05) is 28.2 Å². The molecule has 3 nitrogen and oxygen atoms in total. The smallest absolute Gasteiger partial charge is 0.249 e. The van der Waals surface area contributed by atoms with Crippen molar-refractivity contribution in [1.29, 1.82) is 0 Å². The van der Waals surface area contributed by atoms with E-state index in [2.05, 4.69) is 200 Å². The van der Waals surface area contributed by atoms with Crippen LogP contribution in [0.15, 0.2) is 121 Å². The molecule has 0 saturated heterocycles. The summed E-state index contributed by atoms with van der Waals surface area (Å²) in [5.74, 6) is 1.97. The van der Waals surface area contributed by atoms with Crippen molar-refractivity contribution in [3.05, 3.63) is 155 Å². The molecule has 6 aromatic rings. The summed E-state index contributed by atoms with van der Waals surface area (Å²) in [5, 5.41) is 0. The Balaban J connectivity index is 1.34. The number of pyridine rings is 1. The molecule has 4 aliphatic rings. The second-order valence-corrected chi connectivity index (χ2v) is 20.3. The Morgan fingerprint density at radius 2 is 1.04 bits per heavy atom. The van der Waals surface area contributed by atoms with Gasteiger partial charge in [0.2, 0.25) is 6.71 Å². The fourth-order valence-corrected chi connectivity index (χ4v) is 12.1. The second kappa shape index (κ2) is 11.5. The number of hydrogen-bond donors (Lipinski definition) is 0. The molecule has 0 amide bonds. The van der Waals surface area contributed by atoms with E-state index < -0.39 is 0 Å². The standard InChI is InChI=1S/C52H54BN3/c1-48(2)31-49(3,4)38-27-35(25-26-36(38)48)56-44-29-40-39(50(5,6)32-51(40,7)8)28-43(44)53-42-24-18-17-23-37(42)52(9,10)41-30-45(54-47(56)46(41)53)55(33-19-13-11-14-20-33)34-21-15-12-16-22-34/h11-30H,31-32H2,1-10H3. The summed E-state index contributed by atoms with van der Waals surface area (Å²) in [5.41, 5.74) is 17.4. The predicted molar refractivity (Wildman–Crippen MR) is 238 cm³/mol. The third-order valence-corrected chi connectivity index (χ3v) is 14.1. The van der Waals surface area contributed by atoms with E-state index in [0.29, 0.717) is 0 Å². The van der Waals surface area contributed by atoms with E-state index in [0.717, 1.165) is 35.9 Å². The van der Waals surface area contributed by atoms with E-state index in [1.165, 1.54) is 61.1 Å². The summed E-state index contributed by atoms with van der Waals surface area (Å²) < 4.78 is 0. The zero-order chi connectivity index (χ0) is 39.2. The van der Waals surface area contributed by atoms with E-state index in [9.17, 15) is 0 Å². The minimum atomic E-state index is -0.265. The Bertz CT molecular complexity index is 2540. The topological polar surface area (TPSA) is 19.4 Å². The summed E-state index contributed by atoms with van der Waals surface area (Å²) in [7, 11) is 0. The van der Waals surface area contributed by atoms with Crippen LogP contribution >= 0.6 is 0 Å². The molecule has 0 bridgehead atoms. The summed E-state index contributed by atoms with van der Waals surface area (Å²) in [4.78, 5) is 10.8. The number of nitrogens with zero attached hydrogens (tertiary/aromatic N) is 3. The van der Waals surface area contributed by atoms with Crippen molar-refractivity contribution in [1.82, 2.24) is 4.98 Å². The first-order valence-corrected chi connectivity index (χ1v) is 20.7. The molecule has 0 saturated carbocycles. The third kappa shape index (κ3) is 4.93. The molecule has 0 radical (unpaired) electrons. The Morgan fingerprint density at radius 1 is 0.500 bits per heavy atom. The highest BCUT2D eigenvalue weighted by atomic mass is 15.3. The quantitative estimate of drug-likeness (QED) is 0.168. The Kier molecular flexibility index (Phi) is 7.26. The van der Waals surface area contributed by atoms with Crippen molar-refractivity contribution in [3.8, 4) is 0 Å². The zero-order valence-corrected chi connectivity index (χ0v) is 34.9. The normalized spacial score (nSPS) is 19.4. The van der Waals surface area contributed by atoms with Gasteiger partial charge in [0.1, 0.15) is 11.6 Å². The minimum Gasteiger partial charge on any atom is -0.296 e. The molecule has 5 aromatic carbocycles. The Hall–Kier alpha value is -5.09. The van der Waals surface area contributed by atoms with Crippen molar-refractivity contribution in [2.45, 2.75) is 109 Å². The maximum atomic E-state index is 5.92. The molecule has 56 heavy (non-hydrogen) atoms. The molecule has 10 rings (SSSR count). The van der Waals surface area contributed by atoms with Gasteiger partial charge >= 0.3 is 0 Å². The molecule has 0 spiro atoms. The monoisotopic (exact) mass is 731 g/mol. The molecule has 1 aromatic heterocycles. The van der Waals surface area contributed by atoms with Gasteiger partial charge in [0.15, 0.2) is 0 Å². The Labute approximate surface area is 334 Å². The second-order valence-electron chi connectivity index (χ2n) is 20.3. The van der Waals surface area contributed by atoms with Crippen LogP contribution in [-0.4, -0.2) is 11.7 Å². The lowest BCUT2D eigenvalue weighted by Crippen LogP contribution is -2.64. The van der Waals surface area contributed by atoms with Gasteiger partial charge in [-0.2, -0.15) is 0 Å². The maximum absolute atomic E-state index is 5.92. The lowest BCUT2D eigenvalue weighted by molar-refractivity contribution is 0.403. The van der Waals surface area contributed by atoms with Crippen LogP contribution in [0, 0.1) is 0 Å². The van der Waals surface area contributed by atoms with E-state index in [-0.39, 0.29) is 33.8 Å². The van der Waals surface area contributed by atoms with Crippen LogP contribution in [0.5, 0.6) is 0 Å². The van der Waals surface area contributed by atoms with Crippen molar-refractivity contribution in [3.63, 3.8) is 0 Å². The first kappa shape index (κ1) is 35.3.